The predicted octanol–water partition coefficient (Wildman–Crippen LogP) is 4.03. The Morgan fingerprint density at radius 2 is 1.96 bits per heavy atom. The van der Waals surface area contributed by atoms with Gasteiger partial charge in [0.05, 0.1) is 17.8 Å². The highest BCUT2D eigenvalue weighted by molar-refractivity contribution is 6.32. The number of nitriles is 1. The molecule has 0 radical (unpaired) electrons. The summed E-state index contributed by atoms with van der Waals surface area (Å²) in [5, 5.41) is 11.5. The van der Waals surface area contributed by atoms with Gasteiger partial charge in [0.2, 0.25) is 0 Å². The molecule has 0 atom stereocenters. The van der Waals surface area contributed by atoms with Crippen molar-refractivity contribution in [1.29, 1.82) is 5.26 Å². The molecule has 0 aromatic carbocycles. The number of halogens is 4. The van der Waals surface area contributed by atoms with Crippen molar-refractivity contribution in [2.24, 2.45) is 5.92 Å². The molecule has 3 rings (SSSR count). The van der Waals surface area contributed by atoms with E-state index in [1.54, 1.807) is 7.05 Å². The van der Waals surface area contributed by atoms with E-state index in [2.05, 4.69) is 15.3 Å². The van der Waals surface area contributed by atoms with E-state index in [1.807, 2.05) is 6.07 Å². The summed E-state index contributed by atoms with van der Waals surface area (Å²) in [6.45, 7) is 0. The summed E-state index contributed by atoms with van der Waals surface area (Å²) in [6.07, 6.45) is -2.40. The van der Waals surface area contributed by atoms with Crippen LogP contribution in [0.4, 0.5) is 19.0 Å². The van der Waals surface area contributed by atoms with Gasteiger partial charge in [-0.1, -0.05) is 11.6 Å². The van der Waals surface area contributed by atoms with E-state index in [-0.39, 0.29) is 48.1 Å². The van der Waals surface area contributed by atoms with Gasteiger partial charge in [0.15, 0.2) is 5.82 Å². The van der Waals surface area contributed by atoms with Gasteiger partial charge in [-0.15, -0.1) is 0 Å². The lowest BCUT2D eigenvalue weighted by molar-refractivity contribution is -0.182. The van der Waals surface area contributed by atoms with Gasteiger partial charge >= 0.3 is 6.18 Å². The Hall–Kier alpha value is -2.60. The van der Waals surface area contributed by atoms with Crippen LogP contribution >= 0.6 is 11.6 Å². The normalized spacial score (nSPS) is 19.9. The summed E-state index contributed by atoms with van der Waals surface area (Å²) in [5.74, 6) is -1.15. The Morgan fingerprint density at radius 3 is 2.46 bits per heavy atom. The third-order valence-corrected chi connectivity index (χ3v) is 5.31. The van der Waals surface area contributed by atoms with Gasteiger partial charge in [0.25, 0.3) is 5.56 Å². The Labute approximate surface area is 164 Å². The Balaban J connectivity index is 2.06. The summed E-state index contributed by atoms with van der Waals surface area (Å²) >= 11 is 6.12. The zero-order valence-electron chi connectivity index (χ0n) is 14.9. The number of hydrogen-bond acceptors (Lipinski definition) is 5. The number of hydrogen-bond donors (Lipinski definition) is 1. The quantitative estimate of drug-likeness (QED) is 0.824. The summed E-state index contributed by atoms with van der Waals surface area (Å²) in [6, 6.07) is 4.88. The fraction of sp³-hybridized carbons (Fsp3) is 0.444. The lowest BCUT2D eigenvalue weighted by atomic mass is 9.81. The minimum Gasteiger partial charge on any atom is -0.372 e. The fourth-order valence-corrected chi connectivity index (χ4v) is 3.69. The Kier molecular flexibility index (Phi) is 5.61. The lowest BCUT2D eigenvalue weighted by Crippen LogP contribution is -2.31. The van der Waals surface area contributed by atoms with Crippen LogP contribution in [0.1, 0.15) is 43.1 Å². The van der Waals surface area contributed by atoms with Crippen molar-refractivity contribution in [1.82, 2.24) is 14.5 Å². The Bertz CT molecular complexity index is 957. The van der Waals surface area contributed by atoms with E-state index in [1.165, 1.54) is 22.9 Å². The molecule has 2 aromatic rings. The van der Waals surface area contributed by atoms with Crippen molar-refractivity contribution in [2.75, 3.05) is 12.4 Å². The topological polar surface area (TPSA) is 83.6 Å². The van der Waals surface area contributed by atoms with Gasteiger partial charge in [0.1, 0.15) is 22.6 Å². The molecular weight excluding hydrogens is 395 g/mol. The van der Waals surface area contributed by atoms with E-state index in [0.29, 0.717) is 11.5 Å². The summed E-state index contributed by atoms with van der Waals surface area (Å²) in [7, 11) is 1.56. The molecule has 0 unspecified atom stereocenters. The fourth-order valence-electron chi connectivity index (χ4n) is 3.47. The van der Waals surface area contributed by atoms with Gasteiger partial charge < -0.3 is 5.32 Å². The van der Waals surface area contributed by atoms with Crippen molar-refractivity contribution in [3.8, 4) is 11.8 Å². The molecule has 1 aliphatic carbocycles. The van der Waals surface area contributed by atoms with Crippen LogP contribution in [0.3, 0.4) is 0 Å². The van der Waals surface area contributed by atoms with Gasteiger partial charge in [-0.05, 0) is 37.8 Å². The first-order valence-electron chi connectivity index (χ1n) is 8.69. The molecule has 0 saturated heterocycles. The zero-order valence-corrected chi connectivity index (χ0v) is 15.7. The number of nitrogens with zero attached hydrogens (tertiary/aromatic N) is 4. The maximum absolute atomic E-state index is 13.0. The van der Waals surface area contributed by atoms with Crippen LogP contribution < -0.4 is 10.9 Å². The molecule has 28 heavy (non-hydrogen) atoms. The van der Waals surface area contributed by atoms with Crippen LogP contribution in [0.5, 0.6) is 0 Å². The minimum atomic E-state index is -4.22. The first kappa shape index (κ1) is 20.1. The van der Waals surface area contributed by atoms with Crippen LogP contribution in [0.2, 0.25) is 5.02 Å². The number of anilines is 1. The number of pyridine rings is 1. The number of rotatable bonds is 3. The SMILES string of the molecule is CNc1nc(C2CCC(C(F)(F)F)CC2)n(-c2ccc(C#N)nc2)c(=O)c1Cl. The monoisotopic (exact) mass is 411 g/mol. The molecule has 1 fully saturated rings. The van der Waals surface area contributed by atoms with Crippen molar-refractivity contribution in [3.05, 3.63) is 45.2 Å². The highest BCUT2D eigenvalue weighted by Crippen LogP contribution is 2.42. The zero-order chi connectivity index (χ0) is 20.5. The second kappa shape index (κ2) is 7.80. The van der Waals surface area contributed by atoms with E-state index in [4.69, 9.17) is 16.9 Å². The second-order valence-corrected chi connectivity index (χ2v) is 7.00. The number of nitrogens with one attached hydrogen (secondary N) is 1. The smallest absolute Gasteiger partial charge is 0.372 e. The predicted molar refractivity (Wildman–Crippen MR) is 97.7 cm³/mol. The third kappa shape index (κ3) is 3.83. The molecule has 10 heteroatoms. The first-order valence-corrected chi connectivity index (χ1v) is 9.07. The highest BCUT2D eigenvalue weighted by Gasteiger charge is 2.42. The van der Waals surface area contributed by atoms with E-state index in [0.717, 1.165) is 0 Å². The molecule has 1 N–H and O–H groups in total. The largest absolute Gasteiger partial charge is 0.391 e. The average molecular weight is 412 g/mol. The molecule has 0 amide bonds. The summed E-state index contributed by atoms with van der Waals surface area (Å²) in [5.41, 5.74) is -0.00981. The minimum absolute atomic E-state index is 0.0207. The van der Waals surface area contributed by atoms with Gasteiger partial charge in [0, 0.05) is 13.0 Å². The molecule has 0 bridgehead atoms. The molecule has 2 aromatic heterocycles. The molecule has 1 saturated carbocycles. The maximum atomic E-state index is 13.0. The van der Waals surface area contributed by atoms with Crippen molar-refractivity contribution < 1.29 is 13.2 Å². The average Bonchev–Trinajstić information content (AvgIpc) is 2.69. The molecule has 6 nitrogen and oxygen atoms in total. The molecule has 148 valence electrons. The number of aromatic nitrogens is 3. The highest BCUT2D eigenvalue weighted by atomic mass is 35.5. The van der Waals surface area contributed by atoms with Crippen molar-refractivity contribution >= 4 is 17.4 Å². The van der Waals surface area contributed by atoms with E-state index < -0.39 is 17.7 Å². The van der Waals surface area contributed by atoms with Crippen molar-refractivity contribution in [3.63, 3.8) is 0 Å². The van der Waals surface area contributed by atoms with E-state index >= 15 is 0 Å². The molecule has 0 spiro atoms. The molecular formula is C18H17ClF3N5O. The lowest BCUT2D eigenvalue weighted by Gasteiger charge is -2.30. The first-order chi connectivity index (χ1) is 13.3. The van der Waals surface area contributed by atoms with Crippen molar-refractivity contribution in [2.45, 2.75) is 37.8 Å². The Morgan fingerprint density at radius 1 is 1.29 bits per heavy atom. The van der Waals surface area contributed by atoms with E-state index in [9.17, 15) is 18.0 Å². The van der Waals surface area contributed by atoms with Crippen LogP contribution in [-0.4, -0.2) is 27.8 Å². The summed E-state index contributed by atoms with van der Waals surface area (Å²) < 4.78 is 40.2. The van der Waals surface area contributed by atoms with Crippen LogP contribution in [0.15, 0.2) is 23.1 Å². The maximum Gasteiger partial charge on any atom is 0.391 e. The van der Waals surface area contributed by atoms with Gasteiger partial charge in [-0.3, -0.25) is 9.36 Å². The molecule has 0 aliphatic heterocycles. The van der Waals surface area contributed by atoms with Crippen LogP contribution in [-0.2, 0) is 0 Å². The van der Waals surface area contributed by atoms with Crippen LogP contribution in [0.25, 0.3) is 5.69 Å². The molecule has 2 heterocycles. The van der Waals surface area contributed by atoms with Crippen LogP contribution in [0, 0.1) is 17.2 Å². The van der Waals surface area contributed by atoms with Gasteiger partial charge in [-0.25, -0.2) is 9.97 Å². The second-order valence-electron chi connectivity index (χ2n) is 6.63. The standard InChI is InChI=1S/C18H17ClF3N5O/c1-24-15-14(19)17(28)27(13-7-6-12(8-23)25-9-13)16(26-15)10-2-4-11(5-3-10)18(20,21)22/h6-7,9-11,24H,2-5H2,1H3. The number of alkyl halides is 3. The van der Waals surface area contributed by atoms with Gasteiger partial charge in [-0.2, -0.15) is 18.4 Å². The molecule has 1 aliphatic rings. The third-order valence-electron chi connectivity index (χ3n) is 4.97. The summed E-state index contributed by atoms with van der Waals surface area (Å²) in [4.78, 5) is 21.3.